The minimum Gasteiger partial charge on any atom is -0.384 e. The maximum absolute atomic E-state index is 14.2. The fraction of sp³-hybridized carbons (Fsp3) is 0.176. The normalized spacial score (nSPS) is 11.1. The Bertz CT molecular complexity index is 776. The first-order chi connectivity index (χ1) is 11.3. The summed E-state index contributed by atoms with van der Waals surface area (Å²) in [5, 5.41) is 2.48. The number of anilines is 2. The van der Waals surface area contributed by atoms with Gasteiger partial charge in [-0.2, -0.15) is 0 Å². The Hall–Kier alpha value is -1.77. The molecule has 0 aliphatic rings. The standard InChI is InChI=1S/C17H15F4IN2/c1-24(2)7-3-4-11-12(18)9-14(20)16(21)17(11)23-15-6-5-10(22)8-13(15)19/h3,5-9,23H,4H2,1-2H3/b7-3+. The Morgan fingerprint density at radius 2 is 1.75 bits per heavy atom. The Kier molecular flexibility index (Phi) is 6.09. The van der Waals surface area contributed by atoms with Crippen molar-refractivity contribution < 1.29 is 17.6 Å². The third-order valence-corrected chi connectivity index (χ3v) is 3.86. The van der Waals surface area contributed by atoms with Crippen LogP contribution in [0.3, 0.4) is 0 Å². The lowest BCUT2D eigenvalue weighted by Gasteiger charge is -2.15. The van der Waals surface area contributed by atoms with Gasteiger partial charge in [0.05, 0.1) is 11.4 Å². The summed E-state index contributed by atoms with van der Waals surface area (Å²) in [6.07, 6.45) is 3.29. The number of rotatable bonds is 5. The van der Waals surface area contributed by atoms with E-state index in [0.29, 0.717) is 9.64 Å². The highest BCUT2D eigenvalue weighted by molar-refractivity contribution is 14.1. The lowest BCUT2D eigenvalue weighted by molar-refractivity contribution is 0.494. The van der Waals surface area contributed by atoms with E-state index in [9.17, 15) is 17.6 Å². The molecule has 2 rings (SSSR count). The highest BCUT2D eigenvalue weighted by Gasteiger charge is 2.19. The summed E-state index contributed by atoms with van der Waals surface area (Å²) in [6.45, 7) is 0. The minimum absolute atomic E-state index is 0.0233. The van der Waals surface area contributed by atoms with Gasteiger partial charge in [0.1, 0.15) is 11.6 Å². The highest BCUT2D eigenvalue weighted by Crippen LogP contribution is 2.30. The number of allylic oxidation sites excluding steroid dienone is 1. The van der Waals surface area contributed by atoms with Crippen molar-refractivity contribution >= 4 is 34.0 Å². The second kappa shape index (κ2) is 7.87. The predicted molar refractivity (Wildman–Crippen MR) is 95.2 cm³/mol. The number of benzene rings is 2. The van der Waals surface area contributed by atoms with Crippen molar-refractivity contribution in [2.24, 2.45) is 0 Å². The van der Waals surface area contributed by atoms with Gasteiger partial charge in [0, 0.05) is 29.3 Å². The summed E-state index contributed by atoms with van der Waals surface area (Å²) in [5.41, 5.74) is -0.543. The van der Waals surface area contributed by atoms with E-state index in [1.807, 2.05) is 22.6 Å². The van der Waals surface area contributed by atoms with Crippen LogP contribution in [0, 0.1) is 26.8 Å². The van der Waals surface area contributed by atoms with Gasteiger partial charge < -0.3 is 10.2 Å². The molecular formula is C17H15F4IN2. The fourth-order valence-corrected chi connectivity index (χ4v) is 2.52. The van der Waals surface area contributed by atoms with Gasteiger partial charge in [0.15, 0.2) is 11.6 Å². The van der Waals surface area contributed by atoms with Crippen LogP contribution in [0.2, 0.25) is 0 Å². The van der Waals surface area contributed by atoms with Gasteiger partial charge in [0.25, 0.3) is 0 Å². The Balaban J connectivity index is 2.46. The van der Waals surface area contributed by atoms with Crippen LogP contribution in [0.1, 0.15) is 5.56 Å². The van der Waals surface area contributed by atoms with E-state index in [0.717, 1.165) is 0 Å². The summed E-state index contributed by atoms with van der Waals surface area (Å²) >= 11 is 1.93. The van der Waals surface area contributed by atoms with Gasteiger partial charge in [-0.1, -0.05) is 6.08 Å². The molecule has 0 aliphatic carbocycles. The highest BCUT2D eigenvalue weighted by atomic mass is 127. The lowest BCUT2D eigenvalue weighted by Crippen LogP contribution is -2.06. The van der Waals surface area contributed by atoms with Crippen LogP contribution >= 0.6 is 22.6 Å². The molecule has 7 heteroatoms. The monoisotopic (exact) mass is 450 g/mol. The molecule has 0 aliphatic heterocycles. The van der Waals surface area contributed by atoms with Gasteiger partial charge in [-0.05, 0) is 53.4 Å². The average molecular weight is 450 g/mol. The third-order valence-electron chi connectivity index (χ3n) is 3.19. The molecule has 1 N–H and O–H groups in total. The molecular weight excluding hydrogens is 435 g/mol. The molecule has 128 valence electrons. The van der Waals surface area contributed by atoms with E-state index >= 15 is 0 Å². The van der Waals surface area contributed by atoms with Crippen molar-refractivity contribution in [3.63, 3.8) is 0 Å². The molecule has 2 nitrogen and oxygen atoms in total. The smallest absolute Gasteiger partial charge is 0.182 e. The molecule has 0 saturated carbocycles. The van der Waals surface area contributed by atoms with E-state index in [-0.39, 0.29) is 17.7 Å². The van der Waals surface area contributed by atoms with E-state index in [1.165, 1.54) is 12.1 Å². The Morgan fingerprint density at radius 3 is 2.38 bits per heavy atom. The first kappa shape index (κ1) is 18.6. The third kappa shape index (κ3) is 4.40. The van der Waals surface area contributed by atoms with Crippen molar-refractivity contribution in [3.05, 3.63) is 68.9 Å². The minimum atomic E-state index is -1.33. The molecule has 0 unspecified atom stereocenters. The maximum atomic E-state index is 14.2. The van der Waals surface area contributed by atoms with Gasteiger partial charge in [-0.15, -0.1) is 0 Å². The first-order valence-corrected chi connectivity index (χ1v) is 8.09. The summed E-state index contributed by atoms with van der Waals surface area (Å²) in [5.74, 6) is -4.12. The molecule has 0 saturated heterocycles. The molecule has 0 spiro atoms. The zero-order valence-corrected chi connectivity index (χ0v) is 15.2. The number of nitrogens with zero attached hydrogens (tertiary/aromatic N) is 1. The zero-order valence-electron chi connectivity index (χ0n) is 13.0. The molecule has 0 fully saturated rings. The molecule has 0 aromatic heterocycles. The summed E-state index contributed by atoms with van der Waals surface area (Å²) in [7, 11) is 3.55. The first-order valence-electron chi connectivity index (χ1n) is 7.01. The second-order valence-corrected chi connectivity index (χ2v) is 6.56. The quantitative estimate of drug-likeness (QED) is 0.383. The second-order valence-electron chi connectivity index (χ2n) is 5.31. The zero-order chi connectivity index (χ0) is 17.9. The Morgan fingerprint density at radius 1 is 1.04 bits per heavy atom. The van der Waals surface area contributed by atoms with Gasteiger partial charge >= 0.3 is 0 Å². The average Bonchev–Trinajstić information content (AvgIpc) is 2.49. The van der Waals surface area contributed by atoms with E-state index in [2.05, 4.69) is 5.32 Å². The predicted octanol–water partition coefficient (Wildman–Crippen LogP) is 5.21. The van der Waals surface area contributed by atoms with Crippen LogP contribution in [0.15, 0.2) is 36.5 Å². The van der Waals surface area contributed by atoms with Crippen molar-refractivity contribution in [3.8, 4) is 0 Å². The van der Waals surface area contributed by atoms with Gasteiger partial charge in [-0.25, -0.2) is 17.6 Å². The fourth-order valence-electron chi connectivity index (χ4n) is 2.07. The summed E-state index contributed by atoms with van der Waals surface area (Å²) in [4.78, 5) is 1.73. The molecule has 0 heterocycles. The van der Waals surface area contributed by atoms with Crippen LogP contribution < -0.4 is 5.32 Å². The molecule has 2 aromatic carbocycles. The number of halogens is 5. The summed E-state index contributed by atoms with van der Waals surface area (Å²) in [6, 6.07) is 4.72. The molecule has 2 aromatic rings. The van der Waals surface area contributed by atoms with Gasteiger partial charge in [-0.3, -0.25) is 0 Å². The Labute approximate surface area is 151 Å². The van der Waals surface area contributed by atoms with E-state index in [1.54, 1.807) is 37.3 Å². The number of hydrogen-bond acceptors (Lipinski definition) is 2. The largest absolute Gasteiger partial charge is 0.384 e. The topological polar surface area (TPSA) is 15.3 Å². The van der Waals surface area contributed by atoms with Crippen LogP contribution in [0.4, 0.5) is 28.9 Å². The molecule has 0 atom stereocenters. The summed E-state index contributed by atoms with van der Waals surface area (Å²) < 4.78 is 56.4. The lowest BCUT2D eigenvalue weighted by atomic mass is 10.1. The molecule has 24 heavy (non-hydrogen) atoms. The maximum Gasteiger partial charge on any atom is 0.182 e. The van der Waals surface area contributed by atoms with Crippen molar-refractivity contribution in [2.45, 2.75) is 6.42 Å². The molecule has 0 amide bonds. The van der Waals surface area contributed by atoms with E-state index < -0.39 is 29.0 Å². The van der Waals surface area contributed by atoms with Crippen LogP contribution in [0.25, 0.3) is 0 Å². The van der Waals surface area contributed by atoms with Crippen LogP contribution in [-0.2, 0) is 6.42 Å². The van der Waals surface area contributed by atoms with Crippen molar-refractivity contribution in [1.29, 1.82) is 0 Å². The number of hydrogen-bond donors (Lipinski definition) is 1. The van der Waals surface area contributed by atoms with E-state index in [4.69, 9.17) is 0 Å². The van der Waals surface area contributed by atoms with Gasteiger partial charge in [0.2, 0.25) is 0 Å². The molecule has 0 radical (unpaired) electrons. The SMILES string of the molecule is CN(C)/C=C/Cc1c(F)cc(F)c(F)c1Nc1ccc(I)cc1F. The van der Waals surface area contributed by atoms with Crippen LogP contribution in [0.5, 0.6) is 0 Å². The van der Waals surface area contributed by atoms with Crippen molar-refractivity contribution in [1.82, 2.24) is 4.90 Å². The van der Waals surface area contributed by atoms with Crippen molar-refractivity contribution in [2.75, 3.05) is 19.4 Å². The van der Waals surface area contributed by atoms with Crippen LogP contribution in [-0.4, -0.2) is 19.0 Å². The molecule has 0 bridgehead atoms. The number of nitrogens with one attached hydrogen (secondary N) is 1.